The predicted molar refractivity (Wildman–Crippen MR) is 96.6 cm³/mol. The van der Waals surface area contributed by atoms with Gasteiger partial charge in [0.15, 0.2) is 0 Å². The molecule has 1 fully saturated rings. The highest BCUT2D eigenvalue weighted by Gasteiger charge is 2.28. The van der Waals surface area contributed by atoms with Gasteiger partial charge in [-0.25, -0.2) is 13.1 Å². The van der Waals surface area contributed by atoms with Crippen molar-refractivity contribution in [3.8, 4) is 0 Å². The van der Waals surface area contributed by atoms with Gasteiger partial charge in [0.25, 0.3) is 0 Å². The van der Waals surface area contributed by atoms with Crippen LogP contribution in [0.2, 0.25) is 0 Å². The van der Waals surface area contributed by atoms with Gasteiger partial charge in [-0.05, 0) is 45.1 Å². The molecule has 2 atom stereocenters. The molecule has 1 aliphatic rings. The van der Waals surface area contributed by atoms with Gasteiger partial charge in [0.2, 0.25) is 10.0 Å². The second-order valence-corrected chi connectivity index (χ2v) is 8.73. The zero-order chi connectivity index (χ0) is 17.9. The minimum absolute atomic E-state index is 0.116. The van der Waals surface area contributed by atoms with Gasteiger partial charge in [-0.3, -0.25) is 4.68 Å². The van der Waals surface area contributed by atoms with Crippen molar-refractivity contribution in [3.63, 3.8) is 0 Å². The van der Waals surface area contributed by atoms with Gasteiger partial charge in [-0.2, -0.15) is 5.10 Å². The Morgan fingerprint density at radius 3 is 2.62 bits per heavy atom. The van der Waals surface area contributed by atoms with E-state index < -0.39 is 10.0 Å². The molecule has 2 rings (SSSR count). The molecule has 2 heterocycles. The number of nitrogens with zero attached hydrogens (tertiary/aromatic N) is 3. The molecule has 1 aromatic heterocycles. The SMILES string of the molecule is CCc1nn(C)c(CC)c1S(=O)(=O)N[C@H](C)CN1CCC[C@@H](C)C1. The van der Waals surface area contributed by atoms with E-state index >= 15 is 0 Å². The molecule has 0 aliphatic carbocycles. The summed E-state index contributed by atoms with van der Waals surface area (Å²) in [7, 11) is -1.73. The molecular formula is C17H32N4O2S. The van der Waals surface area contributed by atoms with Crippen LogP contribution in [-0.2, 0) is 29.9 Å². The van der Waals surface area contributed by atoms with E-state index in [1.54, 1.807) is 4.68 Å². The van der Waals surface area contributed by atoms with Gasteiger partial charge in [0.1, 0.15) is 4.90 Å². The lowest BCUT2D eigenvalue weighted by Gasteiger charge is -2.32. The zero-order valence-corrected chi connectivity index (χ0v) is 16.5. The monoisotopic (exact) mass is 356 g/mol. The molecule has 7 heteroatoms. The molecule has 0 amide bonds. The topological polar surface area (TPSA) is 67.2 Å². The highest BCUT2D eigenvalue weighted by atomic mass is 32.2. The van der Waals surface area contributed by atoms with Crippen LogP contribution in [0.3, 0.4) is 0 Å². The molecule has 0 unspecified atom stereocenters. The second kappa shape index (κ2) is 7.97. The third-order valence-electron chi connectivity index (χ3n) is 4.75. The van der Waals surface area contributed by atoms with Crippen LogP contribution in [0.25, 0.3) is 0 Å². The van der Waals surface area contributed by atoms with Crippen LogP contribution in [0.5, 0.6) is 0 Å². The van der Waals surface area contributed by atoms with Crippen LogP contribution in [0, 0.1) is 5.92 Å². The Labute approximate surface area is 146 Å². The Morgan fingerprint density at radius 1 is 1.33 bits per heavy atom. The van der Waals surface area contributed by atoms with Gasteiger partial charge >= 0.3 is 0 Å². The van der Waals surface area contributed by atoms with Crippen molar-refractivity contribution in [3.05, 3.63) is 11.4 Å². The largest absolute Gasteiger partial charge is 0.301 e. The maximum absolute atomic E-state index is 12.9. The molecule has 1 N–H and O–H groups in total. The second-order valence-electron chi connectivity index (χ2n) is 7.08. The van der Waals surface area contributed by atoms with Gasteiger partial charge in [-0.15, -0.1) is 0 Å². The number of sulfonamides is 1. The first-order valence-electron chi connectivity index (χ1n) is 9.07. The summed E-state index contributed by atoms with van der Waals surface area (Å²) in [5.74, 6) is 0.694. The molecule has 138 valence electrons. The Bertz CT molecular complexity index is 654. The van der Waals surface area contributed by atoms with E-state index in [2.05, 4.69) is 21.6 Å². The molecule has 1 aromatic rings. The maximum Gasteiger partial charge on any atom is 0.244 e. The smallest absolute Gasteiger partial charge is 0.244 e. The number of aromatic nitrogens is 2. The summed E-state index contributed by atoms with van der Waals surface area (Å²) >= 11 is 0. The molecule has 1 aliphatic heterocycles. The van der Waals surface area contributed by atoms with E-state index in [4.69, 9.17) is 0 Å². The third-order valence-corrected chi connectivity index (χ3v) is 6.47. The zero-order valence-electron chi connectivity index (χ0n) is 15.7. The molecule has 0 saturated carbocycles. The van der Waals surface area contributed by atoms with E-state index in [1.165, 1.54) is 12.8 Å². The first-order valence-corrected chi connectivity index (χ1v) is 10.6. The normalized spacial score (nSPS) is 21.1. The van der Waals surface area contributed by atoms with Crippen LogP contribution >= 0.6 is 0 Å². The maximum atomic E-state index is 12.9. The lowest BCUT2D eigenvalue weighted by molar-refractivity contribution is 0.174. The molecule has 6 nitrogen and oxygen atoms in total. The van der Waals surface area contributed by atoms with Gasteiger partial charge < -0.3 is 4.90 Å². The fourth-order valence-electron chi connectivity index (χ4n) is 3.73. The van der Waals surface area contributed by atoms with Crippen LogP contribution in [0.15, 0.2) is 4.90 Å². The van der Waals surface area contributed by atoms with Gasteiger partial charge in [-0.1, -0.05) is 20.8 Å². The Morgan fingerprint density at radius 2 is 2.04 bits per heavy atom. The summed E-state index contributed by atoms with van der Waals surface area (Å²) < 4.78 is 30.5. The standard InChI is InChI=1S/C17H32N4O2S/c1-6-15-17(16(7-2)20(5)18-15)24(22,23)19-14(4)12-21-10-8-9-13(3)11-21/h13-14,19H,6-12H2,1-5H3/t13-,14-/m1/s1. The number of hydrogen-bond donors (Lipinski definition) is 1. The number of nitrogens with one attached hydrogen (secondary N) is 1. The van der Waals surface area contributed by atoms with Crippen molar-refractivity contribution in [1.29, 1.82) is 0 Å². The Kier molecular flexibility index (Phi) is 6.45. The lowest BCUT2D eigenvalue weighted by atomic mass is 10.00. The van der Waals surface area contributed by atoms with Crippen molar-refractivity contribution in [2.75, 3.05) is 19.6 Å². The van der Waals surface area contributed by atoms with Crippen molar-refractivity contribution >= 4 is 10.0 Å². The molecule has 0 aromatic carbocycles. The van der Waals surface area contributed by atoms with Crippen molar-refractivity contribution < 1.29 is 8.42 Å². The predicted octanol–water partition coefficient (Wildman–Crippen LogP) is 1.94. The quantitative estimate of drug-likeness (QED) is 0.811. The number of hydrogen-bond acceptors (Lipinski definition) is 4. The molecule has 0 radical (unpaired) electrons. The van der Waals surface area contributed by atoms with Crippen LogP contribution < -0.4 is 4.72 Å². The average molecular weight is 357 g/mol. The molecule has 1 saturated heterocycles. The van der Waals surface area contributed by atoms with Crippen LogP contribution in [0.1, 0.15) is 51.9 Å². The number of likely N-dealkylation sites (tertiary alicyclic amines) is 1. The minimum Gasteiger partial charge on any atom is -0.301 e. The number of piperidine rings is 1. The summed E-state index contributed by atoms with van der Waals surface area (Å²) in [5.41, 5.74) is 1.43. The highest BCUT2D eigenvalue weighted by molar-refractivity contribution is 7.89. The number of rotatable bonds is 7. The van der Waals surface area contributed by atoms with E-state index in [0.29, 0.717) is 29.3 Å². The lowest BCUT2D eigenvalue weighted by Crippen LogP contribution is -2.45. The summed E-state index contributed by atoms with van der Waals surface area (Å²) in [6.07, 6.45) is 3.73. The van der Waals surface area contributed by atoms with E-state index in [-0.39, 0.29) is 6.04 Å². The molecular weight excluding hydrogens is 324 g/mol. The van der Waals surface area contributed by atoms with Crippen molar-refractivity contribution in [2.45, 2.75) is 64.3 Å². The minimum atomic E-state index is -3.55. The van der Waals surface area contributed by atoms with Crippen LogP contribution in [-0.4, -0.2) is 48.8 Å². The van der Waals surface area contributed by atoms with Gasteiger partial charge in [0, 0.05) is 26.2 Å². The average Bonchev–Trinajstić information content (AvgIpc) is 2.83. The Hall–Kier alpha value is -0.920. The van der Waals surface area contributed by atoms with Crippen molar-refractivity contribution in [2.24, 2.45) is 13.0 Å². The molecule has 24 heavy (non-hydrogen) atoms. The summed E-state index contributed by atoms with van der Waals surface area (Å²) in [6.45, 7) is 11.0. The summed E-state index contributed by atoms with van der Waals surface area (Å²) in [6, 6.07) is -0.116. The number of aryl methyl sites for hydroxylation is 2. The fourth-order valence-corrected chi connectivity index (χ4v) is 5.54. The van der Waals surface area contributed by atoms with E-state index in [0.717, 1.165) is 25.3 Å². The molecule has 0 bridgehead atoms. The van der Waals surface area contributed by atoms with E-state index in [1.807, 2.05) is 27.8 Å². The Balaban J connectivity index is 2.13. The summed E-state index contributed by atoms with van der Waals surface area (Å²) in [4.78, 5) is 2.75. The first kappa shape index (κ1) is 19.4. The van der Waals surface area contributed by atoms with E-state index in [9.17, 15) is 8.42 Å². The van der Waals surface area contributed by atoms with Crippen molar-refractivity contribution in [1.82, 2.24) is 19.4 Å². The first-order chi connectivity index (χ1) is 11.3. The molecule has 0 spiro atoms. The fraction of sp³-hybridized carbons (Fsp3) is 0.824. The van der Waals surface area contributed by atoms with Gasteiger partial charge in [0.05, 0.1) is 11.4 Å². The third kappa shape index (κ3) is 4.37. The summed E-state index contributed by atoms with van der Waals surface area (Å²) in [5, 5.41) is 4.39. The van der Waals surface area contributed by atoms with Crippen LogP contribution in [0.4, 0.5) is 0 Å². The highest BCUT2D eigenvalue weighted by Crippen LogP contribution is 2.22.